The second kappa shape index (κ2) is 3.68. The van der Waals surface area contributed by atoms with Gasteiger partial charge in [0, 0.05) is 5.75 Å². The molecule has 0 aromatic heterocycles. The van der Waals surface area contributed by atoms with E-state index in [0.717, 1.165) is 6.42 Å². The molecule has 1 atom stereocenters. The highest BCUT2D eigenvalue weighted by atomic mass is 32.2. The quantitative estimate of drug-likeness (QED) is 0.663. The van der Waals surface area contributed by atoms with Gasteiger partial charge in [-0.05, 0) is 6.42 Å². The summed E-state index contributed by atoms with van der Waals surface area (Å²) in [5, 5.41) is 0.653. The molecule has 1 nitrogen and oxygen atoms in total. The van der Waals surface area contributed by atoms with E-state index >= 15 is 0 Å². The molecule has 70 valence electrons. The van der Waals surface area contributed by atoms with E-state index in [1.54, 1.807) is 0 Å². The predicted octanol–water partition coefficient (Wildman–Crippen LogP) is 2.86. The highest BCUT2D eigenvalue weighted by molar-refractivity contribution is 8.14. The molecule has 1 aliphatic rings. The lowest BCUT2D eigenvalue weighted by molar-refractivity contribution is -0.141. The molecule has 0 fully saturated rings. The van der Waals surface area contributed by atoms with E-state index in [9.17, 15) is 13.2 Å². The fourth-order valence-electron chi connectivity index (χ4n) is 0.942. The average molecular weight is 197 g/mol. The maximum atomic E-state index is 12.1. The Hall–Kier alpha value is -0.190. The number of alkyl halides is 3. The van der Waals surface area contributed by atoms with Gasteiger partial charge >= 0.3 is 6.18 Å². The van der Waals surface area contributed by atoms with Crippen LogP contribution in [0.3, 0.4) is 0 Å². The number of halogens is 3. The molecule has 0 aliphatic carbocycles. The lowest BCUT2D eigenvalue weighted by Gasteiger charge is -2.09. The van der Waals surface area contributed by atoms with Crippen molar-refractivity contribution in [1.82, 2.24) is 0 Å². The third-order valence-corrected chi connectivity index (χ3v) is 2.67. The zero-order valence-corrected chi connectivity index (χ0v) is 7.50. The lowest BCUT2D eigenvalue weighted by Crippen LogP contribution is -2.26. The van der Waals surface area contributed by atoms with Crippen LogP contribution in [0.25, 0.3) is 0 Å². The van der Waals surface area contributed by atoms with Crippen molar-refractivity contribution in [3.63, 3.8) is 0 Å². The van der Waals surface area contributed by atoms with E-state index in [1.165, 1.54) is 11.8 Å². The first-order valence-electron chi connectivity index (χ1n) is 3.80. The Bertz CT molecular complexity index is 188. The van der Waals surface area contributed by atoms with Crippen LogP contribution in [0.4, 0.5) is 13.2 Å². The fraction of sp³-hybridized carbons (Fsp3) is 0.857. The zero-order chi connectivity index (χ0) is 9.19. The van der Waals surface area contributed by atoms with E-state index in [0.29, 0.717) is 11.5 Å². The molecule has 0 spiro atoms. The smallest absolute Gasteiger partial charge is 0.269 e. The van der Waals surface area contributed by atoms with Crippen LogP contribution in [0.2, 0.25) is 0 Å². The lowest BCUT2D eigenvalue weighted by atomic mass is 10.3. The van der Waals surface area contributed by atoms with Crippen LogP contribution in [0.1, 0.15) is 19.8 Å². The molecule has 0 aromatic rings. The Morgan fingerprint density at radius 2 is 2.25 bits per heavy atom. The van der Waals surface area contributed by atoms with E-state index in [-0.39, 0.29) is 5.75 Å². The Morgan fingerprint density at radius 3 is 2.67 bits per heavy atom. The molecule has 0 radical (unpaired) electrons. The fourth-order valence-corrected chi connectivity index (χ4v) is 2.11. The van der Waals surface area contributed by atoms with Gasteiger partial charge in [-0.25, -0.2) is 0 Å². The Morgan fingerprint density at radius 1 is 1.58 bits per heavy atom. The van der Waals surface area contributed by atoms with Gasteiger partial charge in [-0.3, -0.25) is 4.99 Å². The van der Waals surface area contributed by atoms with Crippen molar-refractivity contribution in [2.45, 2.75) is 32.0 Å². The van der Waals surface area contributed by atoms with Crippen LogP contribution < -0.4 is 0 Å². The number of aliphatic imine (C=N–C) groups is 1. The van der Waals surface area contributed by atoms with Gasteiger partial charge in [0.2, 0.25) is 0 Å². The number of nitrogens with zero attached hydrogens (tertiary/aromatic N) is 1. The van der Waals surface area contributed by atoms with Gasteiger partial charge in [-0.1, -0.05) is 13.3 Å². The van der Waals surface area contributed by atoms with Gasteiger partial charge in [0.25, 0.3) is 0 Å². The standard InChI is InChI=1S/C7H10F3NS/c1-2-3-6-11-5(4-12-6)7(8,9)10/h5H,2-4H2,1H3. The molecule has 0 amide bonds. The summed E-state index contributed by atoms with van der Waals surface area (Å²) in [4.78, 5) is 3.60. The summed E-state index contributed by atoms with van der Waals surface area (Å²) in [5.41, 5.74) is 0. The summed E-state index contributed by atoms with van der Waals surface area (Å²) in [5.74, 6) is 0.0683. The van der Waals surface area contributed by atoms with E-state index in [1.807, 2.05) is 6.92 Å². The third-order valence-electron chi connectivity index (χ3n) is 1.55. The molecule has 0 saturated carbocycles. The average Bonchev–Trinajstić information content (AvgIpc) is 2.35. The van der Waals surface area contributed by atoms with E-state index in [4.69, 9.17) is 0 Å². The highest BCUT2D eigenvalue weighted by Gasteiger charge is 2.42. The van der Waals surface area contributed by atoms with Crippen LogP contribution >= 0.6 is 11.8 Å². The summed E-state index contributed by atoms with van der Waals surface area (Å²) < 4.78 is 36.2. The number of thioether (sulfide) groups is 1. The van der Waals surface area contributed by atoms with Crippen molar-refractivity contribution in [3.05, 3.63) is 0 Å². The monoisotopic (exact) mass is 197 g/mol. The number of hydrogen-bond donors (Lipinski definition) is 0. The van der Waals surface area contributed by atoms with Gasteiger partial charge in [0.15, 0.2) is 6.04 Å². The van der Waals surface area contributed by atoms with Crippen LogP contribution in [-0.2, 0) is 0 Å². The van der Waals surface area contributed by atoms with Crippen molar-refractivity contribution < 1.29 is 13.2 Å². The molecule has 1 unspecified atom stereocenters. The molecular formula is C7H10F3NS. The molecule has 0 saturated heterocycles. The predicted molar refractivity (Wildman–Crippen MR) is 44.6 cm³/mol. The normalized spacial score (nSPS) is 24.3. The van der Waals surface area contributed by atoms with E-state index < -0.39 is 12.2 Å². The summed E-state index contributed by atoms with van der Waals surface area (Å²) in [6.45, 7) is 1.93. The number of hydrogen-bond acceptors (Lipinski definition) is 2. The third kappa shape index (κ3) is 2.40. The first-order valence-corrected chi connectivity index (χ1v) is 4.78. The molecular weight excluding hydrogens is 187 g/mol. The number of rotatable bonds is 2. The molecule has 1 rings (SSSR count). The van der Waals surface area contributed by atoms with Crippen molar-refractivity contribution >= 4 is 16.8 Å². The van der Waals surface area contributed by atoms with Crippen LogP contribution in [0, 0.1) is 0 Å². The summed E-state index contributed by atoms with van der Waals surface area (Å²) in [7, 11) is 0. The second-order valence-corrected chi connectivity index (χ2v) is 3.73. The molecule has 1 heterocycles. The van der Waals surface area contributed by atoms with Gasteiger partial charge in [-0.15, -0.1) is 11.8 Å². The van der Waals surface area contributed by atoms with Gasteiger partial charge in [0.1, 0.15) is 0 Å². The Labute approximate surface area is 73.4 Å². The maximum Gasteiger partial charge on any atom is 0.411 e. The van der Waals surface area contributed by atoms with Crippen molar-refractivity contribution in [1.29, 1.82) is 0 Å². The van der Waals surface area contributed by atoms with Crippen LogP contribution in [0.5, 0.6) is 0 Å². The highest BCUT2D eigenvalue weighted by Crippen LogP contribution is 2.32. The Kier molecular flexibility index (Phi) is 3.04. The summed E-state index contributed by atoms with van der Waals surface area (Å²) >= 11 is 1.23. The molecule has 1 aliphatic heterocycles. The minimum Gasteiger partial charge on any atom is -0.269 e. The first kappa shape index (κ1) is 9.89. The second-order valence-electron chi connectivity index (χ2n) is 2.64. The SMILES string of the molecule is CCCC1=NC(C(F)(F)F)CS1. The molecule has 0 N–H and O–H groups in total. The van der Waals surface area contributed by atoms with Crippen molar-refractivity contribution in [3.8, 4) is 0 Å². The minimum absolute atomic E-state index is 0.0683. The molecule has 5 heteroatoms. The molecule has 12 heavy (non-hydrogen) atoms. The molecule has 0 bridgehead atoms. The minimum atomic E-state index is -4.15. The van der Waals surface area contributed by atoms with Crippen molar-refractivity contribution in [2.24, 2.45) is 4.99 Å². The van der Waals surface area contributed by atoms with Crippen molar-refractivity contribution in [2.75, 3.05) is 5.75 Å². The molecule has 0 aromatic carbocycles. The maximum absolute atomic E-state index is 12.1. The van der Waals surface area contributed by atoms with Gasteiger partial charge in [-0.2, -0.15) is 13.2 Å². The summed E-state index contributed by atoms with van der Waals surface area (Å²) in [6.07, 6.45) is -2.61. The van der Waals surface area contributed by atoms with Crippen LogP contribution in [-0.4, -0.2) is 23.0 Å². The van der Waals surface area contributed by atoms with Crippen LogP contribution in [0.15, 0.2) is 4.99 Å². The summed E-state index contributed by atoms with van der Waals surface area (Å²) in [6, 6.07) is -1.45. The van der Waals surface area contributed by atoms with Gasteiger partial charge in [0.05, 0.1) is 5.04 Å². The topological polar surface area (TPSA) is 12.4 Å². The first-order chi connectivity index (χ1) is 5.54. The largest absolute Gasteiger partial charge is 0.411 e. The van der Waals surface area contributed by atoms with Gasteiger partial charge < -0.3 is 0 Å². The van der Waals surface area contributed by atoms with E-state index in [2.05, 4.69) is 4.99 Å². The zero-order valence-electron chi connectivity index (χ0n) is 6.69. The Balaban J connectivity index is 2.53.